The monoisotopic (exact) mass is 391 g/mol. The van der Waals surface area contributed by atoms with Crippen LogP contribution in [0.25, 0.3) is 0 Å². The molecule has 5 nitrogen and oxygen atoms in total. The summed E-state index contributed by atoms with van der Waals surface area (Å²) < 4.78 is 27.3. The number of hydrogen-bond acceptors (Lipinski definition) is 3. The summed E-state index contributed by atoms with van der Waals surface area (Å²) in [6, 6.07) is 7.50. The lowest BCUT2D eigenvalue weighted by Gasteiger charge is -2.16. The number of rotatable bonds is 5. The number of hydrogen-bond donors (Lipinski definition) is 1. The Labute approximate surface area is 137 Å². The number of H-pyrrole nitrogens is 1. The van der Waals surface area contributed by atoms with Gasteiger partial charge >= 0.3 is 0 Å². The van der Waals surface area contributed by atoms with E-state index in [9.17, 15) is 8.42 Å². The van der Waals surface area contributed by atoms with Gasteiger partial charge in [0, 0.05) is 29.3 Å². The summed E-state index contributed by atoms with van der Waals surface area (Å²) in [5.74, 6) is 0.0988. The number of sulfonamides is 1. The molecule has 0 bridgehead atoms. The van der Waals surface area contributed by atoms with Crippen LogP contribution in [-0.2, 0) is 22.4 Å². The first-order chi connectivity index (χ1) is 9.86. The molecule has 2 aromatic rings. The van der Waals surface area contributed by atoms with Gasteiger partial charge in [0.05, 0.1) is 5.88 Å². The molecule has 0 unspecified atom stereocenters. The van der Waals surface area contributed by atoms with Crippen LogP contribution in [0.2, 0.25) is 0 Å². The molecule has 0 aliphatic rings. The van der Waals surface area contributed by atoms with Crippen molar-refractivity contribution in [2.24, 2.45) is 0 Å². The van der Waals surface area contributed by atoms with E-state index in [0.717, 1.165) is 10.0 Å². The van der Waals surface area contributed by atoms with Gasteiger partial charge in [-0.3, -0.25) is 5.10 Å². The Balaban J connectivity index is 2.30. The zero-order valence-corrected chi connectivity index (χ0v) is 14.8. The predicted octanol–water partition coefficient (Wildman–Crippen LogP) is 3.04. The fourth-order valence-electron chi connectivity index (χ4n) is 1.93. The minimum atomic E-state index is -3.68. The highest BCUT2D eigenvalue weighted by Crippen LogP contribution is 2.23. The molecule has 0 spiro atoms. The standard InChI is InChI=1S/C13H15BrClN3O2S/c1-9-12(7-15)13(17-16-9)21(19,20)18(2)8-10-4-3-5-11(14)6-10/h3-6H,7-8H2,1-2H3,(H,16,17). The summed E-state index contributed by atoms with van der Waals surface area (Å²) in [5, 5.41) is 6.56. The molecule has 1 aromatic heterocycles. The zero-order chi connectivity index (χ0) is 15.6. The van der Waals surface area contributed by atoms with Crippen molar-refractivity contribution in [3.05, 3.63) is 45.6 Å². The summed E-state index contributed by atoms with van der Waals surface area (Å²) in [4.78, 5) is 0. The highest BCUT2D eigenvalue weighted by atomic mass is 79.9. The number of aromatic amines is 1. The fourth-order valence-corrected chi connectivity index (χ4v) is 4.09. The van der Waals surface area contributed by atoms with Gasteiger partial charge in [-0.15, -0.1) is 11.6 Å². The molecule has 0 aliphatic heterocycles. The lowest BCUT2D eigenvalue weighted by atomic mass is 10.2. The highest BCUT2D eigenvalue weighted by molar-refractivity contribution is 9.10. The van der Waals surface area contributed by atoms with E-state index < -0.39 is 10.0 Å². The smallest absolute Gasteiger partial charge is 0.262 e. The van der Waals surface area contributed by atoms with Crippen LogP contribution in [0, 0.1) is 6.92 Å². The van der Waals surface area contributed by atoms with Crippen molar-refractivity contribution in [1.82, 2.24) is 14.5 Å². The largest absolute Gasteiger partial charge is 0.281 e. The van der Waals surface area contributed by atoms with Gasteiger partial charge < -0.3 is 0 Å². The van der Waals surface area contributed by atoms with Gasteiger partial charge in [-0.2, -0.15) is 9.40 Å². The average molecular weight is 393 g/mol. The first kappa shape index (κ1) is 16.5. The predicted molar refractivity (Wildman–Crippen MR) is 85.7 cm³/mol. The molecule has 0 atom stereocenters. The van der Waals surface area contributed by atoms with E-state index in [1.807, 2.05) is 24.3 Å². The Kier molecular flexibility index (Phi) is 5.08. The molecular weight excluding hydrogens is 378 g/mol. The molecule has 0 aliphatic carbocycles. The quantitative estimate of drug-likeness (QED) is 0.795. The van der Waals surface area contributed by atoms with E-state index in [-0.39, 0.29) is 17.5 Å². The Morgan fingerprint density at radius 2 is 2.14 bits per heavy atom. The first-order valence-corrected chi connectivity index (χ1v) is 8.93. The van der Waals surface area contributed by atoms with Gasteiger partial charge in [0.2, 0.25) is 0 Å². The van der Waals surface area contributed by atoms with Crippen molar-refractivity contribution < 1.29 is 8.42 Å². The third-order valence-electron chi connectivity index (χ3n) is 3.12. The molecule has 0 radical (unpaired) electrons. The van der Waals surface area contributed by atoms with Crippen LogP contribution >= 0.6 is 27.5 Å². The lowest BCUT2D eigenvalue weighted by Crippen LogP contribution is -2.27. The van der Waals surface area contributed by atoms with E-state index in [2.05, 4.69) is 26.1 Å². The maximum Gasteiger partial charge on any atom is 0.262 e. The number of benzene rings is 1. The van der Waals surface area contributed by atoms with E-state index in [0.29, 0.717) is 11.3 Å². The zero-order valence-electron chi connectivity index (χ0n) is 11.6. The van der Waals surface area contributed by atoms with Crippen LogP contribution in [0.3, 0.4) is 0 Å². The number of alkyl halides is 1. The minimum Gasteiger partial charge on any atom is -0.281 e. The van der Waals surface area contributed by atoms with Crippen molar-refractivity contribution in [1.29, 1.82) is 0 Å². The fraction of sp³-hybridized carbons (Fsp3) is 0.308. The van der Waals surface area contributed by atoms with Crippen LogP contribution in [-0.4, -0.2) is 30.0 Å². The number of nitrogens with one attached hydrogen (secondary N) is 1. The molecule has 21 heavy (non-hydrogen) atoms. The number of halogens is 2. The third kappa shape index (κ3) is 3.48. The van der Waals surface area contributed by atoms with Gasteiger partial charge in [-0.1, -0.05) is 28.1 Å². The van der Waals surface area contributed by atoms with Gasteiger partial charge in [0.25, 0.3) is 10.0 Å². The Bertz CT molecular complexity index is 746. The molecule has 2 rings (SSSR count). The maximum absolute atomic E-state index is 12.6. The topological polar surface area (TPSA) is 66.1 Å². The second kappa shape index (κ2) is 6.48. The van der Waals surface area contributed by atoms with Crippen LogP contribution < -0.4 is 0 Å². The van der Waals surface area contributed by atoms with Crippen LogP contribution in [0.1, 0.15) is 16.8 Å². The Morgan fingerprint density at radius 1 is 1.43 bits per heavy atom. The van der Waals surface area contributed by atoms with E-state index in [1.54, 1.807) is 6.92 Å². The van der Waals surface area contributed by atoms with Crippen LogP contribution in [0.5, 0.6) is 0 Å². The molecule has 8 heteroatoms. The average Bonchev–Trinajstić information content (AvgIpc) is 2.80. The Morgan fingerprint density at radius 3 is 2.76 bits per heavy atom. The maximum atomic E-state index is 12.6. The normalized spacial score (nSPS) is 12.0. The molecule has 0 fully saturated rings. The van der Waals surface area contributed by atoms with Crippen molar-refractivity contribution in [3.8, 4) is 0 Å². The van der Waals surface area contributed by atoms with Gasteiger partial charge in [0.1, 0.15) is 0 Å². The van der Waals surface area contributed by atoms with Crippen LogP contribution in [0.4, 0.5) is 0 Å². The molecule has 114 valence electrons. The van der Waals surface area contributed by atoms with Gasteiger partial charge in [-0.25, -0.2) is 8.42 Å². The Hall–Kier alpha value is -0.890. The lowest BCUT2D eigenvalue weighted by molar-refractivity contribution is 0.463. The molecule has 1 heterocycles. The van der Waals surface area contributed by atoms with E-state index in [1.165, 1.54) is 11.4 Å². The van der Waals surface area contributed by atoms with E-state index in [4.69, 9.17) is 11.6 Å². The molecule has 1 N–H and O–H groups in total. The third-order valence-corrected chi connectivity index (χ3v) is 5.66. The number of nitrogens with zero attached hydrogens (tertiary/aromatic N) is 2. The van der Waals surface area contributed by atoms with Gasteiger partial charge in [0.15, 0.2) is 5.03 Å². The first-order valence-electron chi connectivity index (χ1n) is 6.17. The van der Waals surface area contributed by atoms with Crippen molar-refractivity contribution >= 4 is 37.6 Å². The van der Waals surface area contributed by atoms with E-state index >= 15 is 0 Å². The highest BCUT2D eigenvalue weighted by Gasteiger charge is 2.27. The summed E-state index contributed by atoms with van der Waals surface area (Å²) in [6.07, 6.45) is 0. The summed E-state index contributed by atoms with van der Waals surface area (Å²) in [5.41, 5.74) is 2.06. The second-order valence-electron chi connectivity index (χ2n) is 4.66. The van der Waals surface area contributed by atoms with Crippen molar-refractivity contribution in [2.75, 3.05) is 7.05 Å². The number of aryl methyl sites for hydroxylation is 1. The SMILES string of the molecule is Cc1[nH]nc(S(=O)(=O)N(C)Cc2cccc(Br)c2)c1CCl. The molecular formula is C13H15BrClN3O2S. The molecule has 0 amide bonds. The summed E-state index contributed by atoms with van der Waals surface area (Å²) >= 11 is 9.19. The van der Waals surface area contributed by atoms with Crippen molar-refractivity contribution in [2.45, 2.75) is 24.4 Å². The number of aromatic nitrogens is 2. The van der Waals surface area contributed by atoms with Crippen molar-refractivity contribution in [3.63, 3.8) is 0 Å². The molecule has 1 aromatic carbocycles. The molecule has 0 saturated heterocycles. The minimum absolute atomic E-state index is 0.00695. The summed E-state index contributed by atoms with van der Waals surface area (Å²) in [7, 11) is -2.15. The van der Waals surface area contributed by atoms with Crippen LogP contribution in [0.15, 0.2) is 33.8 Å². The summed E-state index contributed by atoms with van der Waals surface area (Å²) in [6.45, 7) is 2.01. The second-order valence-corrected chi connectivity index (χ2v) is 7.80. The molecule has 0 saturated carbocycles. The van der Waals surface area contributed by atoms with Gasteiger partial charge in [-0.05, 0) is 24.6 Å².